The predicted molar refractivity (Wildman–Crippen MR) is 101 cm³/mol. The third-order valence-corrected chi connectivity index (χ3v) is 4.48. The van der Waals surface area contributed by atoms with Crippen molar-refractivity contribution < 1.29 is 9.53 Å². The van der Waals surface area contributed by atoms with Gasteiger partial charge >= 0.3 is 5.97 Å². The van der Waals surface area contributed by atoms with Crippen LogP contribution < -0.4 is 0 Å². The number of hydrogen-bond acceptors (Lipinski definition) is 5. The van der Waals surface area contributed by atoms with E-state index in [2.05, 4.69) is 15.3 Å². The summed E-state index contributed by atoms with van der Waals surface area (Å²) in [5.41, 5.74) is 2.95. The standard InChI is InChI=1S/C18H18Cl2N4O2/c1-9-14(11-6-7-12(19)13(20)8-11)16-22-21-15(10(2)24(16)23-9)17(25)26-18(3,4)5/h6-8H,1-5H3. The maximum absolute atomic E-state index is 12.4. The van der Waals surface area contributed by atoms with Crippen molar-refractivity contribution in [1.82, 2.24) is 19.8 Å². The van der Waals surface area contributed by atoms with Gasteiger partial charge in [-0.3, -0.25) is 0 Å². The number of ether oxygens (including phenoxy) is 1. The van der Waals surface area contributed by atoms with Gasteiger partial charge in [0.1, 0.15) is 5.60 Å². The van der Waals surface area contributed by atoms with Crippen LogP contribution >= 0.6 is 23.2 Å². The normalized spacial score (nSPS) is 11.8. The second kappa shape index (κ2) is 6.52. The van der Waals surface area contributed by atoms with Crippen molar-refractivity contribution in [2.24, 2.45) is 0 Å². The maximum Gasteiger partial charge on any atom is 0.361 e. The molecule has 0 radical (unpaired) electrons. The molecule has 2 aromatic heterocycles. The first-order valence-electron chi connectivity index (χ1n) is 8.00. The molecule has 0 spiro atoms. The number of benzene rings is 1. The molecule has 6 nitrogen and oxygen atoms in total. The largest absolute Gasteiger partial charge is 0.455 e. The Bertz CT molecular complexity index is 1020. The summed E-state index contributed by atoms with van der Waals surface area (Å²) in [6.07, 6.45) is 0. The third kappa shape index (κ3) is 3.39. The van der Waals surface area contributed by atoms with Gasteiger partial charge in [-0.15, -0.1) is 10.2 Å². The fraction of sp³-hybridized carbons (Fsp3) is 0.333. The summed E-state index contributed by atoms with van der Waals surface area (Å²) in [4.78, 5) is 12.4. The Morgan fingerprint density at radius 2 is 1.81 bits per heavy atom. The first-order chi connectivity index (χ1) is 12.1. The number of aryl methyl sites for hydroxylation is 2. The summed E-state index contributed by atoms with van der Waals surface area (Å²) >= 11 is 12.1. The SMILES string of the molecule is Cc1nn2c(C)c(C(=O)OC(C)(C)C)nnc2c1-c1ccc(Cl)c(Cl)c1. The van der Waals surface area contributed by atoms with Crippen molar-refractivity contribution in [1.29, 1.82) is 0 Å². The molecule has 0 atom stereocenters. The molecule has 0 aliphatic heterocycles. The Balaban J connectivity index is 2.15. The van der Waals surface area contributed by atoms with Crippen molar-refractivity contribution in [3.8, 4) is 11.1 Å². The van der Waals surface area contributed by atoms with Gasteiger partial charge in [-0.05, 0) is 52.3 Å². The highest BCUT2D eigenvalue weighted by Gasteiger charge is 2.24. The lowest BCUT2D eigenvalue weighted by molar-refractivity contribution is 0.00597. The number of halogens is 2. The van der Waals surface area contributed by atoms with Crippen molar-refractivity contribution in [3.63, 3.8) is 0 Å². The van der Waals surface area contributed by atoms with E-state index in [-0.39, 0.29) is 5.69 Å². The molecule has 0 saturated carbocycles. The van der Waals surface area contributed by atoms with E-state index in [0.717, 1.165) is 16.8 Å². The highest BCUT2D eigenvalue weighted by molar-refractivity contribution is 6.42. The Hall–Kier alpha value is -2.18. The van der Waals surface area contributed by atoms with Crippen LogP contribution in [0.3, 0.4) is 0 Å². The van der Waals surface area contributed by atoms with Crippen LogP contribution in [-0.2, 0) is 4.74 Å². The van der Waals surface area contributed by atoms with E-state index >= 15 is 0 Å². The summed E-state index contributed by atoms with van der Waals surface area (Å²) < 4.78 is 6.99. The van der Waals surface area contributed by atoms with E-state index in [9.17, 15) is 4.79 Å². The average molecular weight is 393 g/mol. The zero-order chi connectivity index (χ0) is 19.2. The van der Waals surface area contributed by atoms with Crippen LogP contribution in [0, 0.1) is 13.8 Å². The van der Waals surface area contributed by atoms with E-state index in [1.807, 2.05) is 13.0 Å². The van der Waals surface area contributed by atoms with E-state index in [1.165, 1.54) is 0 Å². The summed E-state index contributed by atoms with van der Waals surface area (Å²) in [5, 5.41) is 13.7. The lowest BCUT2D eigenvalue weighted by atomic mass is 10.1. The molecule has 26 heavy (non-hydrogen) atoms. The molecule has 3 rings (SSSR count). The number of nitrogens with zero attached hydrogens (tertiary/aromatic N) is 4. The molecule has 1 aromatic carbocycles. The number of carbonyl (C=O) groups is 1. The number of aromatic nitrogens is 4. The minimum absolute atomic E-state index is 0.135. The van der Waals surface area contributed by atoms with Gasteiger partial charge in [0, 0.05) is 0 Å². The minimum atomic E-state index is -0.620. The number of hydrogen-bond donors (Lipinski definition) is 0. The van der Waals surface area contributed by atoms with Gasteiger partial charge in [0.15, 0.2) is 11.3 Å². The molecule has 0 bridgehead atoms. The molecule has 0 fully saturated rings. The highest BCUT2D eigenvalue weighted by atomic mass is 35.5. The van der Waals surface area contributed by atoms with E-state index < -0.39 is 11.6 Å². The zero-order valence-electron chi connectivity index (χ0n) is 15.1. The Kier molecular flexibility index (Phi) is 4.67. The van der Waals surface area contributed by atoms with Gasteiger partial charge in [-0.2, -0.15) is 5.10 Å². The monoisotopic (exact) mass is 392 g/mol. The second-order valence-electron chi connectivity index (χ2n) is 6.96. The van der Waals surface area contributed by atoms with E-state index in [4.69, 9.17) is 27.9 Å². The lowest BCUT2D eigenvalue weighted by Crippen LogP contribution is -2.26. The number of rotatable bonds is 2. The van der Waals surface area contributed by atoms with Crippen molar-refractivity contribution in [2.75, 3.05) is 0 Å². The molecule has 2 heterocycles. The summed E-state index contributed by atoms with van der Waals surface area (Å²) in [7, 11) is 0. The maximum atomic E-state index is 12.4. The molecule has 0 aliphatic carbocycles. The smallest absolute Gasteiger partial charge is 0.361 e. The third-order valence-electron chi connectivity index (χ3n) is 3.74. The number of esters is 1. The van der Waals surface area contributed by atoms with Crippen LogP contribution in [0.15, 0.2) is 18.2 Å². The Morgan fingerprint density at radius 1 is 1.12 bits per heavy atom. The molecule has 0 unspecified atom stereocenters. The van der Waals surface area contributed by atoms with Gasteiger partial charge < -0.3 is 4.74 Å². The molecule has 3 aromatic rings. The molecule has 0 N–H and O–H groups in total. The molecular formula is C18H18Cl2N4O2. The van der Waals surface area contributed by atoms with Gasteiger partial charge in [0.25, 0.3) is 0 Å². The Labute approximate surface area is 161 Å². The first kappa shape index (κ1) is 18.6. The predicted octanol–water partition coefficient (Wildman–Crippen LogP) is 4.67. The number of fused-ring (bicyclic) bond motifs is 1. The van der Waals surface area contributed by atoms with Crippen LogP contribution in [0.2, 0.25) is 10.0 Å². The summed E-state index contributed by atoms with van der Waals surface area (Å²) in [5.74, 6) is -0.534. The molecule has 0 amide bonds. The summed E-state index contributed by atoms with van der Waals surface area (Å²) in [6.45, 7) is 9.01. The van der Waals surface area contributed by atoms with Crippen LogP contribution in [-0.4, -0.2) is 31.4 Å². The van der Waals surface area contributed by atoms with Crippen LogP contribution in [0.25, 0.3) is 16.8 Å². The fourth-order valence-electron chi connectivity index (χ4n) is 2.62. The zero-order valence-corrected chi connectivity index (χ0v) is 16.6. The quantitative estimate of drug-likeness (QED) is 0.592. The van der Waals surface area contributed by atoms with Gasteiger partial charge in [0.2, 0.25) is 0 Å². The molecular weight excluding hydrogens is 375 g/mol. The van der Waals surface area contributed by atoms with Crippen LogP contribution in [0.1, 0.15) is 42.6 Å². The lowest BCUT2D eigenvalue weighted by Gasteiger charge is -2.19. The van der Waals surface area contributed by atoms with Crippen molar-refractivity contribution in [3.05, 3.63) is 45.3 Å². The van der Waals surface area contributed by atoms with Gasteiger partial charge in [0.05, 0.1) is 27.0 Å². The Morgan fingerprint density at radius 3 is 2.42 bits per heavy atom. The first-order valence-corrected chi connectivity index (χ1v) is 8.75. The molecule has 136 valence electrons. The van der Waals surface area contributed by atoms with Gasteiger partial charge in [-0.1, -0.05) is 29.3 Å². The highest BCUT2D eigenvalue weighted by Crippen LogP contribution is 2.32. The average Bonchev–Trinajstić information content (AvgIpc) is 2.86. The molecule has 0 saturated heterocycles. The minimum Gasteiger partial charge on any atom is -0.455 e. The van der Waals surface area contributed by atoms with Crippen molar-refractivity contribution >= 4 is 34.8 Å². The molecule has 0 aliphatic rings. The molecule has 8 heteroatoms. The number of carbonyl (C=O) groups excluding carboxylic acids is 1. The topological polar surface area (TPSA) is 69.4 Å². The summed E-state index contributed by atoms with van der Waals surface area (Å²) in [6, 6.07) is 5.32. The fourth-order valence-corrected chi connectivity index (χ4v) is 2.91. The second-order valence-corrected chi connectivity index (χ2v) is 7.78. The van der Waals surface area contributed by atoms with Crippen molar-refractivity contribution in [2.45, 2.75) is 40.2 Å². The van der Waals surface area contributed by atoms with Crippen LogP contribution in [0.4, 0.5) is 0 Å². The van der Waals surface area contributed by atoms with E-state index in [1.54, 1.807) is 44.3 Å². The van der Waals surface area contributed by atoms with Crippen LogP contribution in [0.5, 0.6) is 0 Å². The van der Waals surface area contributed by atoms with E-state index in [0.29, 0.717) is 21.4 Å². The van der Waals surface area contributed by atoms with Gasteiger partial charge in [-0.25, -0.2) is 9.31 Å².